The number of hydrogen-bond donors (Lipinski definition) is 2. The quantitative estimate of drug-likeness (QED) is 0.630. The van der Waals surface area contributed by atoms with Crippen molar-refractivity contribution in [2.24, 2.45) is 0 Å². The Hall–Kier alpha value is -0.360. The maximum Gasteiger partial charge on any atom is 0.397 e. The molecular formula is C2H6F2O7S2. The van der Waals surface area contributed by atoms with E-state index in [0.29, 0.717) is 0 Å². The molecule has 0 spiro atoms. The molecule has 7 nitrogen and oxygen atoms in total. The number of hydrogen-bond acceptors (Lipinski definition) is 5. The van der Waals surface area contributed by atoms with Crippen molar-refractivity contribution in [1.29, 1.82) is 0 Å². The van der Waals surface area contributed by atoms with Crippen LogP contribution in [0.15, 0.2) is 0 Å². The summed E-state index contributed by atoms with van der Waals surface area (Å²) in [6, 6.07) is 0. The van der Waals surface area contributed by atoms with Crippen LogP contribution >= 0.6 is 0 Å². The minimum atomic E-state index is -5.07. The van der Waals surface area contributed by atoms with Gasteiger partial charge in [0.1, 0.15) is 0 Å². The zero-order chi connectivity index (χ0) is 11.3. The Labute approximate surface area is 73.0 Å². The normalized spacial score (nSPS) is 12.2. The molecule has 0 heterocycles. The molecule has 0 radical (unpaired) electrons. The van der Waals surface area contributed by atoms with Crippen molar-refractivity contribution in [1.82, 2.24) is 0 Å². The van der Waals surface area contributed by atoms with Gasteiger partial charge in [-0.25, -0.2) is 0 Å². The van der Waals surface area contributed by atoms with Gasteiger partial charge in [0.2, 0.25) is 0 Å². The Morgan fingerprint density at radius 1 is 1.15 bits per heavy atom. The summed E-state index contributed by atoms with van der Waals surface area (Å²) in [6.45, 7) is 0. The van der Waals surface area contributed by atoms with Crippen molar-refractivity contribution >= 4 is 20.5 Å². The van der Waals surface area contributed by atoms with Crippen LogP contribution in [-0.4, -0.2) is 38.8 Å². The third-order valence-corrected chi connectivity index (χ3v) is 1.31. The van der Waals surface area contributed by atoms with E-state index in [9.17, 15) is 17.2 Å². The van der Waals surface area contributed by atoms with E-state index in [2.05, 4.69) is 4.18 Å². The van der Waals surface area contributed by atoms with Crippen molar-refractivity contribution < 1.29 is 38.9 Å². The van der Waals surface area contributed by atoms with E-state index >= 15 is 0 Å². The van der Waals surface area contributed by atoms with E-state index in [1.54, 1.807) is 0 Å². The second-order valence-electron chi connectivity index (χ2n) is 1.37. The first kappa shape index (κ1) is 15.1. The van der Waals surface area contributed by atoms with Gasteiger partial charge in [-0.15, -0.1) is 0 Å². The van der Waals surface area contributed by atoms with Gasteiger partial charge in [0, 0.05) is 0 Å². The average Bonchev–Trinajstić information content (AvgIpc) is 1.85. The molecule has 11 heteroatoms. The fourth-order valence-corrected chi connectivity index (χ4v) is 0. The molecule has 0 atom stereocenters. The second kappa shape index (κ2) is 5.39. The fraction of sp³-hybridized carbons (Fsp3) is 1.00. The minimum absolute atomic E-state index is 0.870. The number of rotatable bonds is 2. The van der Waals surface area contributed by atoms with Crippen LogP contribution in [-0.2, 0) is 24.7 Å². The summed E-state index contributed by atoms with van der Waals surface area (Å²) in [6.07, 6.45) is 0. The maximum absolute atomic E-state index is 10.7. The Morgan fingerprint density at radius 2 is 1.31 bits per heavy atom. The van der Waals surface area contributed by atoms with Gasteiger partial charge in [-0.1, -0.05) is 0 Å². The molecule has 0 amide bonds. The zero-order valence-electron chi connectivity index (χ0n) is 6.09. The van der Waals surface area contributed by atoms with Gasteiger partial charge in [-0.3, -0.25) is 13.3 Å². The van der Waals surface area contributed by atoms with Crippen LogP contribution in [0.3, 0.4) is 0 Å². The SMILES string of the molecule is COS(=O)(=O)O.O=S(=O)(O)C(F)F. The molecule has 0 fully saturated rings. The molecule has 0 aromatic carbocycles. The number of halogens is 2. The lowest BCUT2D eigenvalue weighted by atomic mass is 11.7. The molecule has 0 rings (SSSR count). The van der Waals surface area contributed by atoms with Gasteiger partial charge < -0.3 is 0 Å². The van der Waals surface area contributed by atoms with E-state index in [1.165, 1.54) is 0 Å². The van der Waals surface area contributed by atoms with Gasteiger partial charge >= 0.3 is 26.3 Å². The van der Waals surface area contributed by atoms with Gasteiger partial charge in [0.25, 0.3) is 0 Å². The minimum Gasteiger partial charge on any atom is -0.281 e. The van der Waals surface area contributed by atoms with Crippen molar-refractivity contribution in [3.63, 3.8) is 0 Å². The highest BCUT2D eigenvalue weighted by Gasteiger charge is 2.18. The predicted octanol–water partition coefficient (Wildman–Crippen LogP) is -0.468. The molecule has 13 heavy (non-hydrogen) atoms. The molecule has 0 aromatic rings. The summed E-state index contributed by atoms with van der Waals surface area (Å²) in [5.74, 6) is -3.67. The Bertz CT molecular complexity index is 314. The molecule has 0 aromatic heterocycles. The van der Waals surface area contributed by atoms with Crippen LogP contribution in [0.5, 0.6) is 0 Å². The third kappa shape index (κ3) is 14.5. The van der Waals surface area contributed by atoms with Crippen molar-refractivity contribution in [2.75, 3.05) is 7.11 Å². The molecule has 0 saturated carbocycles. The monoisotopic (exact) mass is 244 g/mol. The number of alkyl halides is 2. The summed E-state index contributed by atoms with van der Waals surface area (Å²) < 4.78 is 76.7. The van der Waals surface area contributed by atoms with E-state index < -0.39 is 26.3 Å². The van der Waals surface area contributed by atoms with Crippen LogP contribution in [0.25, 0.3) is 0 Å². The Morgan fingerprint density at radius 3 is 1.31 bits per heavy atom. The van der Waals surface area contributed by atoms with E-state index in [0.717, 1.165) is 7.11 Å². The summed E-state index contributed by atoms with van der Waals surface area (Å²) in [5, 5.41) is 0. The van der Waals surface area contributed by atoms with Crippen LogP contribution in [0.1, 0.15) is 0 Å². The standard InChI is InChI=1S/CH2F2O3S.CH4O4S/c2-1(3)7(4,5)6;1-5-6(2,3)4/h1H,(H,4,5,6);1H3,(H,2,3,4). The molecule has 0 unspecified atom stereocenters. The second-order valence-corrected chi connectivity index (χ2v) is 3.95. The predicted molar refractivity (Wildman–Crippen MR) is 36.1 cm³/mol. The highest BCUT2D eigenvalue weighted by Crippen LogP contribution is 1.98. The first-order valence-corrected chi connectivity index (χ1v) is 5.15. The lowest BCUT2D eigenvalue weighted by Gasteiger charge is -1.87. The lowest BCUT2D eigenvalue weighted by Crippen LogP contribution is -2.07. The smallest absolute Gasteiger partial charge is 0.281 e. The molecule has 0 saturated heterocycles. The van der Waals surface area contributed by atoms with E-state index in [4.69, 9.17) is 17.5 Å². The summed E-state index contributed by atoms with van der Waals surface area (Å²) in [4.78, 5) is 0. The molecule has 2 N–H and O–H groups in total. The van der Waals surface area contributed by atoms with Crippen LogP contribution < -0.4 is 0 Å². The topological polar surface area (TPSA) is 118 Å². The molecule has 0 bridgehead atoms. The average molecular weight is 244 g/mol. The van der Waals surface area contributed by atoms with Gasteiger partial charge in [-0.05, 0) is 0 Å². The highest BCUT2D eigenvalue weighted by atomic mass is 32.3. The lowest BCUT2D eigenvalue weighted by molar-refractivity contribution is 0.217. The first-order chi connectivity index (χ1) is 5.50. The van der Waals surface area contributed by atoms with Crippen LogP contribution in [0.4, 0.5) is 8.78 Å². The molecule has 0 aliphatic heterocycles. The third-order valence-electron chi connectivity index (χ3n) is 0.436. The highest BCUT2D eigenvalue weighted by molar-refractivity contribution is 7.86. The maximum atomic E-state index is 10.7. The zero-order valence-corrected chi connectivity index (χ0v) is 7.72. The first-order valence-electron chi connectivity index (χ1n) is 2.28. The Balaban J connectivity index is 0. The van der Waals surface area contributed by atoms with Crippen molar-refractivity contribution in [3.8, 4) is 0 Å². The largest absolute Gasteiger partial charge is 0.397 e. The summed E-state index contributed by atoms with van der Waals surface area (Å²) >= 11 is 0. The molecule has 82 valence electrons. The summed E-state index contributed by atoms with van der Waals surface area (Å²) in [5.41, 5.74) is 0. The van der Waals surface area contributed by atoms with Gasteiger partial charge in [0.05, 0.1) is 7.11 Å². The van der Waals surface area contributed by atoms with Gasteiger partial charge in [-0.2, -0.15) is 25.6 Å². The van der Waals surface area contributed by atoms with E-state index in [-0.39, 0.29) is 0 Å². The van der Waals surface area contributed by atoms with Crippen LogP contribution in [0.2, 0.25) is 0 Å². The fourth-order valence-electron chi connectivity index (χ4n) is 0. The molecule has 0 aliphatic rings. The van der Waals surface area contributed by atoms with Crippen molar-refractivity contribution in [2.45, 2.75) is 5.76 Å². The van der Waals surface area contributed by atoms with Gasteiger partial charge in [0.15, 0.2) is 0 Å². The van der Waals surface area contributed by atoms with Crippen LogP contribution in [0, 0.1) is 0 Å². The summed E-state index contributed by atoms with van der Waals surface area (Å²) in [7, 11) is -8.37. The Kier molecular flexibility index (Phi) is 6.27. The van der Waals surface area contributed by atoms with E-state index in [1.807, 2.05) is 0 Å². The molecule has 0 aliphatic carbocycles. The molecular weight excluding hydrogens is 238 g/mol. The van der Waals surface area contributed by atoms with Crippen molar-refractivity contribution in [3.05, 3.63) is 0 Å².